The maximum absolute atomic E-state index is 11.7. The highest BCUT2D eigenvalue weighted by Crippen LogP contribution is 2.22. The van der Waals surface area contributed by atoms with Crippen LogP contribution in [0.15, 0.2) is 0 Å². The van der Waals surface area contributed by atoms with E-state index in [0.29, 0.717) is 0 Å². The van der Waals surface area contributed by atoms with Crippen LogP contribution in [0, 0.1) is 0 Å². The number of hydrogen-bond donors (Lipinski definition) is 3. The molecule has 0 aromatic heterocycles. The molecule has 0 spiro atoms. The number of carbonyl (C=O) groups excluding carboxylic acids is 2. The molecule has 10 nitrogen and oxygen atoms in total. The van der Waals surface area contributed by atoms with Gasteiger partial charge < -0.3 is 29.5 Å². The Morgan fingerprint density at radius 3 is 2.08 bits per heavy atom. The van der Waals surface area contributed by atoms with Gasteiger partial charge in [0.1, 0.15) is 12.2 Å². The van der Waals surface area contributed by atoms with Crippen LogP contribution in [0.4, 0.5) is 0 Å². The lowest BCUT2D eigenvalue weighted by Gasteiger charge is -2.21. The molecule has 148 valence electrons. The molecule has 1 fully saturated rings. The number of esters is 2. The quantitative estimate of drug-likeness (QED) is 0.399. The van der Waals surface area contributed by atoms with E-state index in [9.17, 15) is 24.3 Å². The predicted octanol–water partition coefficient (Wildman–Crippen LogP) is 0.101. The first-order valence-electron chi connectivity index (χ1n) is 8.36. The second kappa shape index (κ2) is 11.4. The summed E-state index contributed by atoms with van der Waals surface area (Å²) >= 11 is 0. The largest absolute Gasteiger partial charge is 0.481 e. The van der Waals surface area contributed by atoms with Crippen molar-refractivity contribution in [2.45, 2.75) is 63.3 Å². The number of rotatable bonds is 12. The van der Waals surface area contributed by atoms with E-state index in [-0.39, 0.29) is 51.6 Å². The molecule has 0 saturated carbocycles. The summed E-state index contributed by atoms with van der Waals surface area (Å²) in [5, 5.41) is 26.4. The van der Waals surface area contributed by atoms with Crippen LogP contribution in [0.5, 0.6) is 0 Å². The first-order valence-corrected chi connectivity index (χ1v) is 8.36. The van der Waals surface area contributed by atoms with Crippen molar-refractivity contribution in [3.8, 4) is 0 Å². The summed E-state index contributed by atoms with van der Waals surface area (Å²) in [4.78, 5) is 44.1. The molecule has 1 rings (SSSR count). The fourth-order valence-electron chi connectivity index (χ4n) is 2.44. The van der Waals surface area contributed by atoms with Crippen LogP contribution in [0.25, 0.3) is 0 Å². The van der Waals surface area contributed by atoms with Crippen molar-refractivity contribution in [3.63, 3.8) is 0 Å². The molecule has 1 heterocycles. The number of aliphatic hydroxyl groups excluding tert-OH is 1. The predicted molar refractivity (Wildman–Crippen MR) is 84.2 cm³/mol. The molecule has 3 atom stereocenters. The molecule has 10 heteroatoms. The molecule has 0 aliphatic carbocycles. The Labute approximate surface area is 150 Å². The topological polar surface area (TPSA) is 157 Å². The van der Waals surface area contributed by atoms with Gasteiger partial charge in [0.2, 0.25) is 0 Å². The smallest absolute Gasteiger partial charge is 0.306 e. The summed E-state index contributed by atoms with van der Waals surface area (Å²) in [6.45, 7) is -0.392. The van der Waals surface area contributed by atoms with Gasteiger partial charge in [0, 0.05) is 32.1 Å². The van der Waals surface area contributed by atoms with Gasteiger partial charge in [-0.15, -0.1) is 0 Å². The van der Waals surface area contributed by atoms with Gasteiger partial charge in [0.05, 0.1) is 13.2 Å². The second-order valence-electron chi connectivity index (χ2n) is 5.92. The highest BCUT2D eigenvalue weighted by Gasteiger charge is 2.35. The summed E-state index contributed by atoms with van der Waals surface area (Å²) in [5.41, 5.74) is 0. The number of ether oxygens (including phenoxy) is 3. The minimum atomic E-state index is -1.01. The molecule has 1 saturated heterocycles. The average Bonchev–Trinajstić information content (AvgIpc) is 3.00. The normalized spacial score (nSPS) is 20.3. The number of aliphatic hydroxyl groups is 1. The molecule has 0 radical (unpaired) electrons. The molecular weight excluding hydrogens is 352 g/mol. The van der Waals surface area contributed by atoms with E-state index in [1.54, 1.807) is 0 Å². The molecule has 1 aliphatic heterocycles. The SMILES string of the molecule is O=C(O)CCCC(=O)OC1COC(C(CO)OC(=O)CCCC(=O)O)C1. The minimum absolute atomic E-state index is 0.0184. The maximum Gasteiger partial charge on any atom is 0.306 e. The van der Waals surface area contributed by atoms with Gasteiger partial charge in [-0.25, -0.2) is 0 Å². The minimum Gasteiger partial charge on any atom is -0.481 e. The van der Waals surface area contributed by atoms with Crippen LogP contribution in [-0.4, -0.2) is 70.7 Å². The number of hydrogen-bond acceptors (Lipinski definition) is 8. The Kier molecular flexibility index (Phi) is 9.60. The lowest BCUT2D eigenvalue weighted by atomic mass is 10.1. The van der Waals surface area contributed by atoms with Crippen LogP contribution in [-0.2, 0) is 33.4 Å². The number of carboxylic acid groups (broad SMARTS) is 2. The second-order valence-corrected chi connectivity index (χ2v) is 5.92. The third-order valence-electron chi connectivity index (χ3n) is 3.71. The fourth-order valence-corrected chi connectivity index (χ4v) is 2.44. The summed E-state index contributed by atoms with van der Waals surface area (Å²) < 4.78 is 15.7. The van der Waals surface area contributed by atoms with Crippen LogP contribution < -0.4 is 0 Å². The monoisotopic (exact) mass is 376 g/mol. The van der Waals surface area contributed by atoms with Crippen molar-refractivity contribution in [1.82, 2.24) is 0 Å². The maximum atomic E-state index is 11.7. The van der Waals surface area contributed by atoms with Crippen molar-refractivity contribution in [2.24, 2.45) is 0 Å². The average molecular weight is 376 g/mol. The fraction of sp³-hybridized carbons (Fsp3) is 0.750. The van der Waals surface area contributed by atoms with E-state index in [2.05, 4.69) is 0 Å². The lowest BCUT2D eigenvalue weighted by Crippen LogP contribution is -2.34. The first-order chi connectivity index (χ1) is 12.3. The summed E-state index contributed by atoms with van der Waals surface area (Å²) in [6, 6.07) is 0. The molecule has 0 aromatic carbocycles. The van der Waals surface area contributed by atoms with Crippen molar-refractivity contribution in [3.05, 3.63) is 0 Å². The standard InChI is InChI=1S/C16H24O10/c17-8-12(26-16(23)6-2-4-14(20)21)11-7-10(9-24-11)25-15(22)5-1-3-13(18)19/h10-12,17H,1-9H2,(H,18,19)(H,20,21). The van der Waals surface area contributed by atoms with E-state index >= 15 is 0 Å². The third-order valence-corrected chi connectivity index (χ3v) is 3.71. The molecule has 0 aromatic rings. The third kappa shape index (κ3) is 8.77. The highest BCUT2D eigenvalue weighted by molar-refractivity contribution is 5.72. The van der Waals surface area contributed by atoms with E-state index in [1.165, 1.54) is 0 Å². The van der Waals surface area contributed by atoms with Gasteiger partial charge in [0.15, 0.2) is 6.10 Å². The van der Waals surface area contributed by atoms with Gasteiger partial charge in [-0.3, -0.25) is 19.2 Å². The number of aliphatic carboxylic acids is 2. The zero-order valence-electron chi connectivity index (χ0n) is 14.3. The van der Waals surface area contributed by atoms with Crippen LogP contribution in [0.3, 0.4) is 0 Å². The van der Waals surface area contributed by atoms with E-state index in [4.69, 9.17) is 24.4 Å². The van der Waals surface area contributed by atoms with Gasteiger partial charge in [0.25, 0.3) is 0 Å². The van der Waals surface area contributed by atoms with Gasteiger partial charge in [-0.05, 0) is 12.8 Å². The lowest BCUT2D eigenvalue weighted by molar-refractivity contribution is -0.159. The molecule has 3 N–H and O–H groups in total. The van der Waals surface area contributed by atoms with Crippen LogP contribution >= 0.6 is 0 Å². The molecule has 1 aliphatic rings. The number of carboxylic acids is 2. The Morgan fingerprint density at radius 1 is 0.962 bits per heavy atom. The molecule has 0 amide bonds. The van der Waals surface area contributed by atoms with Crippen LogP contribution in [0.1, 0.15) is 44.9 Å². The van der Waals surface area contributed by atoms with Gasteiger partial charge >= 0.3 is 23.9 Å². The zero-order valence-corrected chi connectivity index (χ0v) is 14.3. The summed E-state index contributed by atoms with van der Waals surface area (Å²) in [7, 11) is 0. The van der Waals surface area contributed by atoms with Crippen molar-refractivity contribution >= 4 is 23.9 Å². The molecule has 0 bridgehead atoms. The van der Waals surface area contributed by atoms with E-state index in [0.717, 1.165) is 0 Å². The van der Waals surface area contributed by atoms with Crippen molar-refractivity contribution in [2.75, 3.05) is 13.2 Å². The Morgan fingerprint density at radius 2 is 1.54 bits per heavy atom. The molecule has 3 unspecified atom stereocenters. The van der Waals surface area contributed by atoms with Gasteiger partial charge in [-0.2, -0.15) is 0 Å². The van der Waals surface area contributed by atoms with Crippen molar-refractivity contribution in [1.29, 1.82) is 0 Å². The summed E-state index contributed by atoms with van der Waals surface area (Å²) in [6.07, 6.45) is -1.96. The number of carbonyl (C=O) groups is 4. The summed E-state index contributed by atoms with van der Waals surface area (Å²) in [5.74, 6) is -3.17. The Balaban J connectivity index is 2.33. The van der Waals surface area contributed by atoms with E-state index in [1.807, 2.05) is 0 Å². The first kappa shape index (κ1) is 21.8. The zero-order chi connectivity index (χ0) is 19.5. The van der Waals surface area contributed by atoms with Crippen molar-refractivity contribution < 1.29 is 48.7 Å². The Hall–Kier alpha value is -2.20. The van der Waals surface area contributed by atoms with Crippen LogP contribution in [0.2, 0.25) is 0 Å². The molecule has 26 heavy (non-hydrogen) atoms. The highest BCUT2D eigenvalue weighted by atomic mass is 16.6. The van der Waals surface area contributed by atoms with Gasteiger partial charge in [-0.1, -0.05) is 0 Å². The van der Waals surface area contributed by atoms with E-state index < -0.39 is 48.8 Å². The molecular formula is C16H24O10. The Bertz CT molecular complexity index is 503.